The van der Waals surface area contributed by atoms with Gasteiger partial charge < -0.3 is 5.73 Å². The van der Waals surface area contributed by atoms with E-state index >= 15 is 0 Å². The average Bonchev–Trinajstić information content (AvgIpc) is 1.80. The fourth-order valence-electron chi connectivity index (χ4n) is 0.577. The molecule has 3 N–H and O–H groups in total. The van der Waals surface area contributed by atoms with Crippen LogP contribution in [0.5, 0.6) is 0 Å². The van der Waals surface area contributed by atoms with Crippen molar-refractivity contribution in [1.82, 2.24) is 0 Å². The summed E-state index contributed by atoms with van der Waals surface area (Å²) in [4.78, 5) is 0. The summed E-state index contributed by atoms with van der Waals surface area (Å²) < 4.78 is 0. The predicted molar refractivity (Wildman–Crippen MR) is 40.6 cm³/mol. The minimum Gasteiger partial charge on any atom is -0.388 e. The number of nitrogens with one attached hydrogen (secondary N) is 1. The molecule has 0 unspecified atom stereocenters. The molecule has 0 saturated heterocycles. The van der Waals surface area contributed by atoms with Crippen LogP contribution in [0.15, 0.2) is 12.2 Å². The average molecular weight is 126 g/mol. The summed E-state index contributed by atoms with van der Waals surface area (Å²) in [6, 6.07) is 0. The summed E-state index contributed by atoms with van der Waals surface area (Å²) in [5, 5.41) is 6.88. The van der Waals surface area contributed by atoms with Crippen LogP contribution in [0.2, 0.25) is 0 Å². The van der Waals surface area contributed by atoms with Gasteiger partial charge >= 0.3 is 0 Å². The van der Waals surface area contributed by atoms with E-state index in [9.17, 15) is 0 Å². The highest BCUT2D eigenvalue weighted by atomic mass is 14.7. The second kappa shape index (κ2) is 5.35. The summed E-state index contributed by atoms with van der Waals surface area (Å²) in [7, 11) is 0. The summed E-state index contributed by atoms with van der Waals surface area (Å²) in [6.07, 6.45) is 6.86. The summed E-state index contributed by atoms with van der Waals surface area (Å²) >= 11 is 0. The lowest BCUT2D eigenvalue weighted by atomic mass is 10.2. The van der Waals surface area contributed by atoms with E-state index in [-0.39, 0.29) is 0 Å². The number of allylic oxidation sites excluding steroid dienone is 2. The molecule has 2 heteroatoms. The summed E-state index contributed by atoms with van der Waals surface area (Å²) in [5.74, 6) is 0.291. The van der Waals surface area contributed by atoms with Crippen LogP contribution in [0.25, 0.3) is 0 Å². The molecule has 0 aliphatic carbocycles. The zero-order chi connectivity index (χ0) is 7.11. The van der Waals surface area contributed by atoms with Crippen molar-refractivity contribution in [2.45, 2.75) is 26.2 Å². The Hall–Kier alpha value is -0.790. The van der Waals surface area contributed by atoms with Gasteiger partial charge in [0.15, 0.2) is 0 Å². The van der Waals surface area contributed by atoms with E-state index in [2.05, 4.69) is 6.08 Å². The van der Waals surface area contributed by atoms with Crippen molar-refractivity contribution in [3.8, 4) is 0 Å². The van der Waals surface area contributed by atoms with Crippen LogP contribution < -0.4 is 5.73 Å². The van der Waals surface area contributed by atoms with E-state index in [4.69, 9.17) is 11.1 Å². The van der Waals surface area contributed by atoms with E-state index < -0.39 is 0 Å². The molecule has 0 saturated carbocycles. The lowest BCUT2D eigenvalue weighted by Gasteiger charge is -1.92. The lowest BCUT2D eigenvalue weighted by Crippen LogP contribution is -2.08. The van der Waals surface area contributed by atoms with Crippen LogP contribution in [0.1, 0.15) is 26.2 Å². The first-order valence-corrected chi connectivity index (χ1v) is 3.21. The smallest absolute Gasteiger partial charge is 0.0905 e. The first-order chi connectivity index (χ1) is 4.27. The van der Waals surface area contributed by atoms with Gasteiger partial charge in [-0.2, -0.15) is 0 Å². The molecule has 0 aromatic heterocycles. The number of hydrogen-bond donors (Lipinski definition) is 2. The highest BCUT2D eigenvalue weighted by Gasteiger charge is 1.85. The first-order valence-electron chi connectivity index (χ1n) is 3.21. The molecular formula is C7H14N2. The molecule has 0 radical (unpaired) electrons. The van der Waals surface area contributed by atoms with Crippen LogP contribution in [-0.2, 0) is 0 Å². The highest BCUT2D eigenvalue weighted by Crippen LogP contribution is 1.94. The Balaban J connectivity index is 3.01. The lowest BCUT2D eigenvalue weighted by molar-refractivity contribution is 0.883. The molecular weight excluding hydrogens is 112 g/mol. The van der Waals surface area contributed by atoms with Crippen LogP contribution in [-0.4, -0.2) is 5.84 Å². The molecule has 2 nitrogen and oxygen atoms in total. The van der Waals surface area contributed by atoms with Crippen LogP contribution >= 0.6 is 0 Å². The molecule has 0 aliphatic heterocycles. The molecule has 0 rings (SSSR count). The van der Waals surface area contributed by atoms with Gasteiger partial charge in [0.05, 0.1) is 5.84 Å². The van der Waals surface area contributed by atoms with Crippen molar-refractivity contribution in [3.05, 3.63) is 12.2 Å². The molecule has 52 valence electrons. The van der Waals surface area contributed by atoms with Gasteiger partial charge in [0.1, 0.15) is 0 Å². The minimum absolute atomic E-state index is 0.291. The maximum atomic E-state index is 6.88. The second-order valence-corrected chi connectivity index (χ2v) is 1.99. The first kappa shape index (κ1) is 8.21. The zero-order valence-corrected chi connectivity index (χ0v) is 5.85. The molecule has 0 aliphatic rings. The summed E-state index contributed by atoms with van der Waals surface area (Å²) in [6.45, 7) is 1.99. The normalized spacial score (nSPS) is 10.3. The third-order valence-electron chi connectivity index (χ3n) is 1.05. The van der Waals surface area contributed by atoms with Gasteiger partial charge in [-0.1, -0.05) is 12.2 Å². The molecule has 0 aromatic rings. The maximum Gasteiger partial charge on any atom is 0.0905 e. The van der Waals surface area contributed by atoms with Crippen molar-refractivity contribution in [2.24, 2.45) is 5.73 Å². The van der Waals surface area contributed by atoms with Crippen LogP contribution in [0.3, 0.4) is 0 Å². The van der Waals surface area contributed by atoms with Gasteiger partial charge in [-0.05, 0) is 19.8 Å². The molecule has 0 spiro atoms. The molecule has 0 bridgehead atoms. The SMILES string of the molecule is CC=CCCCC(=N)N. The van der Waals surface area contributed by atoms with Gasteiger partial charge in [-0.25, -0.2) is 0 Å². The Morgan fingerprint density at radius 3 is 2.78 bits per heavy atom. The Bertz CT molecular complexity index is 105. The van der Waals surface area contributed by atoms with E-state index in [1.165, 1.54) is 0 Å². The largest absolute Gasteiger partial charge is 0.388 e. The van der Waals surface area contributed by atoms with Gasteiger partial charge in [-0.3, -0.25) is 5.41 Å². The number of hydrogen-bond acceptors (Lipinski definition) is 1. The van der Waals surface area contributed by atoms with Crippen molar-refractivity contribution in [3.63, 3.8) is 0 Å². The minimum atomic E-state index is 0.291. The fraction of sp³-hybridized carbons (Fsp3) is 0.571. The van der Waals surface area contributed by atoms with Crippen LogP contribution in [0.4, 0.5) is 0 Å². The predicted octanol–water partition coefficient (Wildman–Crippen LogP) is 1.67. The van der Waals surface area contributed by atoms with Crippen molar-refractivity contribution < 1.29 is 0 Å². The van der Waals surface area contributed by atoms with Crippen LogP contribution in [0, 0.1) is 5.41 Å². The molecule has 0 heterocycles. The second-order valence-electron chi connectivity index (χ2n) is 1.99. The third kappa shape index (κ3) is 7.21. The van der Waals surface area contributed by atoms with Gasteiger partial charge in [0, 0.05) is 6.42 Å². The highest BCUT2D eigenvalue weighted by molar-refractivity contribution is 5.76. The molecule has 0 fully saturated rings. The molecule has 9 heavy (non-hydrogen) atoms. The number of rotatable bonds is 4. The Kier molecular flexibility index (Phi) is 4.88. The van der Waals surface area contributed by atoms with Crippen molar-refractivity contribution in [2.75, 3.05) is 0 Å². The van der Waals surface area contributed by atoms with Crippen molar-refractivity contribution >= 4 is 5.84 Å². The van der Waals surface area contributed by atoms with Gasteiger partial charge in [0.25, 0.3) is 0 Å². The quantitative estimate of drug-likeness (QED) is 0.256. The third-order valence-corrected chi connectivity index (χ3v) is 1.05. The van der Waals surface area contributed by atoms with Gasteiger partial charge in [0.2, 0.25) is 0 Å². The molecule has 0 amide bonds. The van der Waals surface area contributed by atoms with E-state index in [0.717, 1.165) is 19.3 Å². The van der Waals surface area contributed by atoms with E-state index in [1.807, 2.05) is 13.0 Å². The Labute approximate surface area is 56.3 Å². The monoisotopic (exact) mass is 126 g/mol. The fourth-order valence-corrected chi connectivity index (χ4v) is 0.577. The molecule has 0 aromatic carbocycles. The number of nitrogens with two attached hydrogens (primary N) is 1. The van der Waals surface area contributed by atoms with Crippen molar-refractivity contribution in [1.29, 1.82) is 5.41 Å². The molecule has 0 atom stereocenters. The van der Waals surface area contributed by atoms with E-state index in [0.29, 0.717) is 5.84 Å². The standard InChI is InChI=1S/C7H14N2/c1-2-3-4-5-6-7(8)9/h2-3H,4-6H2,1H3,(H3,8,9). The van der Waals surface area contributed by atoms with E-state index in [1.54, 1.807) is 0 Å². The number of amidine groups is 1. The topological polar surface area (TPSA) is 49.9 Å². The Morgan fingerprint density at radius 2 is 2.33 bits per heavy atom. The number of unbranched alkanes of at least 4 members (excludes halogenated alkanes) is 1. The maximum absolute atomic E-state index is 6.88. The Morgan fingerprint density at radius 1 is 1.67 bits per heavy atom. The summed E-state index contributed by atoms with van der Waals surface area (Å²) in [5.41, 5.74) is 5.13. The van der Waals surface area contributed by atoms with Gasteiger partial charge in [-0.15, -0.1) is 0 Å². The zero-order valence-electron chi connectivity index (χ0n) is 5.85.